The fourth-order valence-corrected chi connectivity index (χ4v) is 3.14. The second-order valence-electron chi connectivity index (χ2n) is 4.92. The first-order valence-electron chi connectivity index (χ1n) is 6.56. The van der Waals surface area contributed by atoms with E-state index in [1.165, 1.54) is 19.2 Å². The van der Waals surface area contributed by atoms with Crippen molar-refractivity contribution in [3.63, 3.8) is 0 Å². The number of rotatable bonds is 4. The monoisotopic (exact) mass is 316 g/mol. The van der Waals surface area contributed by atoms with E-state index < -0.39 is 27.7 Å². The molecule has 6 nitrogen and oxygen atoms in total. The Kier molecular flexibility index (Phi) is 4.48. The quantitative estimate of drug-likeness (QED) is 0.866. The molecule has 8 heteroatoms. The van der Waals surface area contributed by atoms with E-state index in [2.05, 4.69) is 4.72 Å². The van der Waals surface area contributed by atoms with E-state index in [1.54, 1.807) is 4.90 Å². The van der Waals surface area contributed by atoms with Crippen LogP contribution in [0, 0.1) is 11.7 Å². The van der Waals surface area contributed by atoms with E-state index in [4.69, 9.17) is 5.11 Å². The van der Waals surface area contributed by atoms with Gasteiger partial charge in [-0.2, -0.15) is 0 Å². The molecule has 0 unspecified atom stereocenters. The number of piperidine rings is 1. The topological polar surface area (TPSA) is 86.7 Å². The van der Waals surface area contributed by atoms with E-state index in [0.717, 1.165) is 6.07 Å². The van der Waals surface area contributed by atoms with Crippen LogP contribution in [0.3, 0.4) is 0 Å². The summed E-state index contributed by atoms with van der Waals surface area (Å²) in [6.07, 6.45) is 0.899. The first-order chi connectivity index (χ1) is 9.85. The Labute approximate surface area is 122 Å². The van der Waals surface area contributed by atoms with Gasteiger partial charge < -0.3 is 10.0 Å². The van der Waals surface area contributed by atoms with Crippen LogP contribution in [0.4, 0.5) is 10.1 Å². The Balaban J connectivity index is 2.18. The first-order valence-corrected chi connectivity index (χ1v) is 8.04. The van der Waals surface area contributed by atoms with Gasteiger partial charge in [0.2, 0.25) is 10.0 Å². The summed E-state index contributed by atoms with van der Waals surface area (Å²) in [6, 6.07) is 3.73. The second-order valence-corrected chi connectivity index (χ2v) is 6.81. The number of nitrogens with zero attached hydrogens (tertiary/aromatic N) is 1. The predicted molar refractivity (Wildman–Crippen MR) is 75.2 cm³/mol. The third-order valence-electron chi connectivity index (χ3n) is 3.68. The van der Waals surface area contributed by atoms with Crippen LogP contribution in [-0.4, -0.2) is 39.6 Å². The Morgan fingerprint density at radius 2 is 2.00 bits per heavy atom. The van der Waals surface area contributed by atoms with Crippen molar-refractivity contribution in [2.75, 3.05) is 25.0 Å². The molecule has 1 aliphatic rings. The van der Waals surface area contributed by atoms with Crippen molar-refractivity contribution in [3.05, 3.63) is 24.0 Å². The minimum absolute atomic E-state index is 0.133. The summed E-state index contributed by atoms with van der Waals surface area (Å²) in [7, 11) is -2.41. The molecule has 1 aliphatic heterocycles. The fraction of sp³-hybridized carbons (Fsp3) is 0.462. The summed E-state index contributed by atoms with van der Waals surface area (Å²) >= 11 is 0. The standard InChI is InChI=1S/C13H17FN2O4S/c1-15-21(19,20)10-2-3-12(11(14)8-10)16-6-4-9(5-7-16)13(17)18/h2-3,8-9,15H,4-7H2,1H3,(H,17,18). The van der Waals surface area contributed by atoms with Crippen molar-refractivity contribution in [1.29, 1.82) is 0 Å². The lowest BCUT2D eigenvalue weighted by atomic mass is 9.97. The minimum Gasteiger partial charge on any atom is -0.481 e. The van der Waals surface area contributed by atoms with Crippen LogP contribution in [0.5, 0.6) is 0 Å². The number of halogens is 1. The molecule has 1 heterocycles. The van der Waals surface area contributed by atoms with Gasteiger partial charge in [-0.3, -0.25) is 4.79 Å². The average molecular weight is 316 g/mol. The van der Waals surface area contributed by atoms with Crippen LogP contribution in [-0.2, 0) is 14.8 Å². The first kappa shape index (κ1) is 15.7. The molecule has 0 radical (unpaired) electrons. The number of hydrogen-bond acceptors (Lipinski definition) is 4. The molecule has 116 valence electrons. The summed E-state index contributed by atoms with van der Waals surface area (Å²) in [5.41, 5.74) is 0.300. The Morgan fingerprint density at radius 3 is 2.48 bits per heavy atom. The van der Waals surface area contributed by atoms with Gasteiger partial charge in [0.15, 0.2) is 0 Å². The molecule has 0 aliphatic carbocycles. The zero-order valence-electron chi connectivity index (χ0n) is 11.5. The van der Waals surface area contributed by atoms with E-state index >= 15 is 0 Å². The molecular formula is C13H17FN2O4S. The maximum absolute atomic E-state index is 14.1. The van der Waals surface area contributed by atoms with Crippen LogP contribution in [0.2, 0.25) is 0 Å². The number of carboxylic acid groups (broad SMARTS) is 1. The van der Waals surface area contributed by atoms with E-state index in [-0.39, 0.29) is 4.90 Å². The summed E-state index contributed by atoms with van der Waals surface area (Å²) in [5.74, 6) is -1.85. The van der Waals surface area contributed by atoms with Gasteiger partial charge in [-0.05, 0) is 38.1 Å². The summed E-state index contributed by atoms with van der Waals surface area (Å²) < 4.78 is 39.4. The molecule has 1 saturated heterocycles. The number of carboxylic acids is 1. The normalized spacial score (nSPS) is 17.0. The Morgan fingerprint density at radius 1 is 1.38 bits per heavy atom. The highest BCUT2D eigenvalue weighted by atomic mass is 32.2. The predicted octanol–water partition coefficient (Wildman–Crippen LogP) is 1.03. The molecule has 0 spiro atoms. The lowest BCUT2D eigenvalue weighted by Crippen LogP contribution is -2.36. The van der Waals surface area contributed by atoms with Crippen molar-refractivity contribution in [1.82, 2.24) is 4.72 Å². The van der Waals surface area contributed by atoms with Crippen molar-refractivity contribution in [2.24, 2.45) is 5.92 Å². The molecule has 1 aromatic rings. The lowest BCUT2D eigenvalue weighted by molar-refractivity contribution is -0.142. The summed E-state index contributed by atoms with van der Waals surface area (Å²) in [6.45, 7) is 0.873. The molecule has 0 aromatic heterocycles. The summed E-state index contributed by atoms with van der Waals surface area (Å²) in [5, 5.41) is 8.94. The van der Waals surface area contributed by atoms with Gasteiger partial charge in [-0.25, -0.2) is 17.5 Å². The molecule has 0 saturated carbocycles. The van der Waals surface area contributed by atoms with Gasteiger partial charge >= 0.3 is 5.97 Å². The highest BCUT2D eigenvalue weighted by Gasteiger charge is 2.26. The van der Waals surface area contributed by atoms with Crippen molar-refractivity contribution in [2.45, 2.75) is 17.7 Å². The third-order valence-corrected chi connectivity index (χ3v) is 5.10. The maximum atomic E-state index is 14.1. The number of sulfonamides is 1. The molecule has 1 fully saturated rings. The zero-order valence-corrected chi connectivity index (χ0v) is 12.4. The Bertz CT molecular complexity index is 640. The van der Waals surface area contributed by atoms with Gasteiger partial charge in [0.05, 0.1) is 16.5 Å². The SMILES string of the molecule is CNS(=O)(=O)c1ccc(N2CCC(C(=O)O)CC2)c(F)c1. The number of anilines is 1. The van der Waals surface area contributed by atoms with Crippen molar-refractivity contribution < 1.29 is 22.7 Å². The minimum atomic E-state index is -3.67. The molecule has 2 rings (SSSR count). The smallest absolute Gasteiger partial charge is 0.306 e. The largest absolute Gasteiger partial charge is 0.481 e. The highest BCUT2D eigenvalue weighted by molar-refractivity contribution is 7.89. The molecule has 0 bridgehead atoms. The number of hydrogen-bond donors (Lipinski definition) is 2. The van der Waals surface area contributed by atoms with E-state index in [1.807, 2.05) is 0 Å². The lowest BCUT2D eigenvalue weighted by Gasteiger charge is -2.32. The maximum Gasteiger partial charge on any atom is 0.306 e. The van der Waals surface area contributed by atoms with Crippen LogP contribution in [0.1, 0.15) is 12.8 Å². The van der Waals surface area contributed by atoms with Gasteiger partial charge in [-0.1, -0.05) is 0 Å². The molecule has 2 N–H and O–H groups in total. The van der Waals surface area contributed by atoms with E-state index in [9.17, 15) is 17.6 Å². The molecular weight excluding hydrogens is 299 g/mol. The second kappa shape index (κ2) is 5.98. The van der Waals surface area contributed by atoms with Gasteiger partial charge in [0, 0.05) is 13.1 Å². The number of aliphatic carboxylic acids is 1. The highest BCUT2D eigenvalue weighted by Crippen LogP contribution is 2.27. The number of carbonyl (C=O) groups is 1. The molecule has 21 heavy (non-hydrogen) atoms. The number of benzene rings is 1. The van der Waals surface area contributed by atoms with Crippen molar-refractivity contribution >= 4 is 21.7 Å². The van der Waals surface area contributed by atoms with Crippen LogP contribution in [0.15, 0.2) is 23.1 Å². The van der Waals surface area contributed by atoms with Gasteiger partial charge in [-0.15, -0.1) is 0 Å². The van der Waals surface area contributed by atoms with Crippen LogP contribution in [0.25, 0.3) is 0 Å². The van der Waals surface area contributed by atoms with Crippen LogP contribution < -0.4 is 9.62 Å². The molecule has 0 amide bonds. The average Bonchev–Trinajstić information content (AvgIpc) is 2.47. The third kappa shape index (κ3) is 3.33. The van der Waals surface area contributed by atoms with Crippen LogP contribution >= 0.6 is 0 Å². The Hall–Kier alpha value is -1.67. The number of nitrogens with one attached hydrogen (secondary N) is 1. The summed E-state index contributed by atoms with van der Waals surface area (Å²) in [4.78, 5) is 12.5. The van der Waals surface area contributed by atoms with Crippen molar-refractivity contribution in [3.8, 4) is 0 Å². The zero-order chi connectivity index (χ0) is 15.6. The van der Waals surface area contributed by atoms with E-state index in [0.29, 0.717) is 31.6 Å². The fourth-order valence-electron chi connectivity index (χ4n) is 2.40. The van der Waals surface area contributed by atoms with Gasteiger partial charge in [0.25, 0.3) is 0 Å². The van der Waals surface area contributed by atoms with Gasteiger partial charge in [0.1, 0.15) is 5.82 Å². The molecule has 0 atom stereocenters. The molecule has 1 aromatic carbocycles.